The Morgan fingerprint density at radius 2 is 2.00 bits per heavy atom. The van der Waals surface area contributed by atoms with Gasteiger partial charge in [-0.2, -0.15) is 0 Å². The number of carbonyl (C=O) groups is 1. The van der Waals surface area contributed by atoms with Gasteiger partial charge in [0, 0.05) is 12.6 Å². The number of likely N-dealkylation sites (N-methyl/N-ethyl adjacent to an activating group) is 1. The number of carbonyl (C=O) groups excluding carboxylic acids is 1. The van der Waals surface area contributed by atoms with E-state index in [9.17, 15) is 9.90 Å². The third kappa shape index (κ3) is 1.35. The summed E-state index contributed by atoms with van der Waals surface area (Å²) in [5, 5.41) is 10.2. The first-order chi connectivity index (χ1) is 7.35. The monoisotopic (exact) mass is 219 g/mol. The van der Waals surface area contributed by atoms with E-state index in [1.54, 1.807) is 14.0 Å². The molecule has 1 amide bonds. The Morgan fingerprint density at radius 3 is 2.56 bits per heavy atom. The number of amides is 1. The summed E-state index contributed by atoms with van der Waals surface area (Å²) in [6.07, 6.45) is 0. The first-order valence-electron chi connectivity index (χ1n) is 5.50. The summed E-state index contributed by atoms with van der Waals surface area (Å²) in [4.78, 5) is 13.4. The summed E-state index contributed by atoms with van der Waals surface area (Å²) in [5.74, 6) is 0.130. The lowest BCUT2D eigenvalue weighted by Crippen LogP contribution is -2.35. The molecule has 0 fully saturated rings. The van der Waals surface area contributed by atoms with Crippen LogP contribution in [-0.2, 0) is 10.4 Å². The van der Waals surface area contributed by atoms with Gasteiger partial charge in [0.1, 0.15) is 0 Å². The quantitative estimate of drug-likeness (QED) is 0.784. The highest BCUT2D eigenvalue weighted by molar-refractivity contribution is 6.06. The molecule has 1 aliphatic rings. The van der Waals surface area contributed by atoms with Crippen LogP contribution in [0, 0.1) is 0 Å². The van der Waals surface area contributed by atoms with Crippen LogP contribution in [0.1, 0.15) is 37.8 Å². The predicted octanol–water partition coefficient (Wildman–Crippen LogP) is 1.99. The van der Waals surface area contributed by atoms with Crippen LogP contribution in [0.3, 0.4) is 0 Å². The molecule has 0 saturated heterocycles. The average molecular weight is 219 g/mol. The van der Waals surface area contributed by atoms with Crippen molar-refractivity contribution in [2.24, 2.45) is 0 Å². The zero-order valence-electron chi connectivity index (χ0n) is 10.1. The third-order valence-corrected chi connectivity index (χ3v) is 3.29. The number of nitrogens with zero attached hydrogens (tertiary/aromatic N) is 1. The fraction of sp³-hybridized carbons (Fsp3) is 0.462. The normalized spacial score (nSPS) is 24.1. The molecule has 1 aromatic carbocycles. The number of hydrogen-bond acceptors (Lipinski definition) is 2. The largest absolute Gasteiger partial charge is 0.375 e. The Morgan fingerprint density at radius 1 is 1.38 bits per heavy atom. The molecule has 1 aromatic rings. The third-order valence-electron chi connectivity index (χ3n) is 3.29. The van der Waals surface area contributed by atoms with Crippen molar-refractivity contribution in [1.29, 1.82) is 0 Å². The van der Waals surface area contributed by atoms with Gasteiger partial charge in [0.2, 0.25) is 0 Å². The van der Waals surface area contributed by atoms with E-state index in [0.29, 0.717) is 11.5 Å². The summed E-state index contributed by atoms with van der Waals surface area (Å²) < 4.78 is 0. The Bertz CT molecular complexity index is 449. The molecule has 1 N–H and O–H groups in total. The summed E-state index contributed by atoms with van der Waals surface area (Å²) in [5.41, 5.74) is 1.28. The summed E-state index contributed by atoms with van der Waals surface area (Å²) in [7, 11) is 1.69. The lowest BCUT2D eigenvalue weighted by molar-refractivity contribution is -0.133. The second-order valence-electron chi connectivity index (χ2n) is 4.87. The Labute approximate surface area is 95.7 Å². The first-order valence-corrected chi connectivity index (χ1v) is 5.50. The van der Waals surface area contributed by atoms with Crippen LogP contribution >= 0.6 is 0 Å². The van der Waals surface area contributed by atoms with Crippen molar-refractivity contribution in [3.05, 3.63) is 29.3 Å². The SMILES string of the molecule is CC(C)c1ccc2c(c1)C(C)(O)C(=O)N2C. The van der Waals surface area contributed by atoms with E-state index < -0.39 is 5.60 Å². The van der Waals surface area contributed by atoms with E-state index in [4.69, 9.17) is 0 Å². The molecule has 16 heavy (non-hydrogen) atoms. The van der Waals surface area contributed by atoms with E-state index in [1.165, 1.54) is 4.90 Å². The number of fused-ring (bicyclic) bond motifs is 1. The van der Waals surface area contributed by atoms with Gasteiger partial charge in [0.05, 0.1) is 5.69 Å². The topological polar surface area (TPSA) is 40.5 Å². The smallest absolute Gasteiger partial charge is 0.263 e. The molecule has 1 heterocycles. The van der Waals surface area contributed by atoms with Crippen LogP contribution in [0.15, 0.2) is 18.2 Å². The molecule has 1 unspecified atom stereocenters. The van der Waals surface area contributed by atoms with Crippen molar-refractivity contribution in [2.45, 2.75) is 32.3 Å². The zero-order chi connectivity index (χ0) is 12.1. The second kappa shape index (κ2) is 3.32. The van der Waals surface area contributed by atoms with E-state index in [-0.39, 0.29) is 5.91 Å². The lowest BCUT2D eigenvalue weighted by Gasteiger charge is -2.16. The van der Waals surface area contributed by atoms with E-state index >= 15 is 0 Å². The highest BCUT2D eigenvalue weighted by Gasteiger charge is 2.44. The molecule has 0 saturated carbocycles. The van der Waals surface area contributed by atoms with E-state index in [0.717, 1.165) is 11.3 Å². The van der Waals surface area contributed by atoms with Crippen LogP contribution < -0.4 is 4.90 Å². The fourth-order valence-corrected chi connectivity index (χ4v) is 2.15. The van der Waals surface area contributed by atoms with Gasteiger partial charge in [-0.1, -0.05) is 26.0 Å². The average Bonchev–Trinajstić information content (AvgIpc) is 2.40. The van der Waals surface area contributed by atoms with Crippen molar-refractivity contribution in [3.8, 4) is 0 Å². The molecule has 0 spiro atoms. The minimum atomic E-state index is -1.38. The van der Waals surface area contributed by atoms with Gasteiger partial charge < -0.3 is 10.0 Å². The van der Waals surface area contributed by atoms with Gasteiger partial charge in [0.15, 0.2) is 5.60 Å². The molecule has 0 radical (unpaired) electrons. The van der Waals surface area contributed by atoms with Crippen molar-refractivity contribution < 1.29 is 9.90 Å². The molecule has 1 atom stereocenters. The summed E-state index contributed by atoms with van der Waals surface area (Å²) in [6.45, 7) is 5.75. The molecule has 0 aliphatic carbocycles. The van der Waals surface area contributed by atoms with Crippen LogP contribution in [0.5, 0.6) is 0 Å². The maximum absolute atomic E-state index is 11.8. The standard InChI is InChI=1S/C13H17NO2/c1-8(2)9-5-6-11-10(7-9)13(3,16)12(15)14(11)4/h5-8,16H,1-4H3. The van der Waals surface area contributed by atoms with Crippen LogP contribution in [0.25, 0.3) is 0 Å². The predicted molar refractivity (Wildman–Crippen MR) is 63.5 cm³/mol. The summed E-state index contributed by atoms with van der Waals surface area (Å²) >= 11 is 0. The van der Waals surface area contributed by atoms with Crippen molar-refractivity contribution in [3.63, 3.8) is 0 Å². The maximum atomic E-state index is 11.8. The minimum Gasteiger partial charge on any atom is -0.375 e. The molecular formula is C13H17NO2. The minimum absolute atomic E-state index is 0.261. The highest BCUT2D eigenvalue weighted by atomic mass is 16.3. The lowest BCUT2D eigenvalue weighted by atomic mass is 9.93. The van der Waals surface area contributed by atoms with Crippen molar-refractivity contribution >= 4 is 11.6 Å². The van der Waals surface area contributed by atoms with Gasteiger partial charge in [-0.25, -0.2) is 0 Å². The number of rotatable bonds is 1. The molecule has 3 nitrogen and oxygen atoms in total. The first kappa shape index (κ1) is 11.1. The van der Waals surface area contributed by atoms with Crippen molar-refractivity contribution in [2.75, 3.05) is 11.9 Å². The molecule has 86 valence electrons. The highest BCUT2D eigenvalue weighted by Crippen LogP contribution is 2.40. The van der Waals surface area contributed by atoms with Gasteiger partial charge in [0.25, 0.3) is 5.91 Å². The fourth-order valence-electron chi connectivity index (χ4n) is 2.15. The Hall–Kier alpha value is -1.35. The zero-order valence-corrected chi connectivity index (χ0v) is 10.1. The molecule has 2 rings (SSSR count). The number of hydrogen-bond donors (Lipinski definition) is 1. The molecular weight excluding hydrogens is 202 g/mol. The summed E-state index contributed by atoms with van der Waals surface area (Å²) in [6, 6.07) is 5.85. The van der Waals surface area contributed by atoms with E-state index in [1.807, 2.05) is 18.2 Å². The maximum Gasteiger partial charge on any atom is 0.263 e. The van der Waals surface area contributed by atoms with Gasteiger partial charge in [-0.15, -0.1) is 0 Å². The van der Waals surface area contributed by atoms with Gasteiger partial charge >= 0.3 is 0 Å². The molecule has 0 aromatic heterocycles. The van der Waals surface area contributed by atoms with Crippen molar-refractivity contribution in [1.82, 2.24) is 0 Å². The van der Waals surface area contributed by atoms with Crippen LogP contribution in [-0.4, -0.2) is 18.1 Å². The molecule has 0 bridgehead atoms. The molecule has 3 heteroatoms. The van der Waals surface area contributed by atoms with Crippen LogP contribution in [0.4, 0.5) is 5.69 Å². The van der Waals surface area contributed by atoms with Crippen LogP contribution in [0.2, 0.25) is 0 Å². The Kier molecular flexibility index (Phi) is 2.31. The Balaban J connectivity index is 2.61. The van der Waals surface area contributed by atoms with E-state index in [2.05, 4.69) is 13.8 Å². The number of benzene rings is 1. The van der Waals surface area contributed by atoms with Gasteiger partial charge in [-0.05, 0) is 24.5 Å². The number of aliphatic hydroxyl groups is 1. The number of anilines is 1. The molecule has 1 aliphatic heterocycles. The second-order valence-corrected chi connectivity index (χ2v) is 4.87. The van der Waals surface area contributed by atoms with Gasteiger partial charge in [-0.3, -0.25) is 4.79 Å².